The van der Waals surface area contributed by atoms with E-state index in [4.69, 9.17) is 9.47 Å². The lowest BCUT2D eigenvalue weighted by atomic mass is 9.82. The van der Waals surface area contributed by atoms with Crippen LogP contribution in [-0.2, 0) is 19.1 Å². The van der Waals surface area contributed by atoms with E-state index in [-0.39, 0.29) is 5.92 Å². The van der Waals surface area contributed by atoms with E-state index in [0.29, 0.717) is 11.8 Å². The van der Waals surface area contributed by atoms with Gasteiger partial charge in [-0.2, -0.15) is 0 Å². The van der Waals surface area contributed by atoms with E-state index >= 15 is 0 Å². The van der Waals surface area contributed by atoms with Crippen LogP contribution in [0.4, 0.5) is 0 Å². The molecular formula is C13H20O4. The summed E-state index contributed by atoms with van der Waals surface area (Å²) >= 11 is 0. The molecule has 0 aromatic rings. The number of carbonyl (C=O) groups is 2. The van der Waals surface area contributed by atoms with Crippen LogP contribution in [0.1, 0.15) is 32.1 Å². The fourth-order valence-electron chi connectivity index (χ4n) is 3.72. The van der Waals surface area contributed by atoms with Gasteiger partial charge in [0.05, 0.1) is 14.2 Å². The molecule has 4 nitrogen and oxygen atoms in total. The van der Waals surface area contributed by atoms with Crippen molar-refractivity contribution in [3.05, 3.63) is 0 Å². The molecule has 0 N–H and O–H groups in total. The predicted octanol–water partition coefficient (Wildman–Crippen LogP) is 1.77. The Hall–Kier alpha value is -1.06. The van der Waals surface area contributed by atoms with Crippen LogP contribution in [0.15, 0.2) is 0 Å². The summed E-state index contributed by atoms with van der Waals surface area (Å²) in [5.41, 5.74) is 0. The van der Waals surface area contributed by atoms with E-state index in [9.17, 15) is 9.59 Å². The highest BCUT2D eigenvalue weighted by Gasteiger charge is 2.48. The highest BCUT2D eigenvalue weighted by molar-refractivity contribution is 5.95. The summed E-state index contributed by atoms with van der Waals surface area (Å²) in [7, 11) is 2.67. The van der Waals surface area contributed by atoms with Crippen LogP contribution in [0, 0.1) is 23.7 Å². The Morgan fingerprint density at radius 1 is 1.00 bits per heavy atom. The van der Waals surface area contributed by atoms with Gasteiger partial charge >= 0.3 is 11.9 Å². The van der Waals surface area contributed by atoms with Gasteiger partial charge in [-0.1, -0.05) is 12.8 Å². The van der Waals surface area contributed by atoms with Crippen molar-refractivity contribution >= 4 is 11.9 Å². The second-order valence-electron chi connectivity index (χ2n) is 5.12. The highest BCUT2D eigenvalue weighted by atomic mass is 16.5. The van der Waals surface area contributed by atoms with Crippen LogP contribution in [0.5, 0.6) is 0 Å². The molecule has 0 heterocycles. The number of hydrogen-bond donors (Lipinski definition) is 0. The first-order chi connectivity index (χ1) is 8.19. The lowest BCUT2D eigenvalue weighted by Crippen LogP contribution is -2.35. The molecule has 96 valence electrons. The van der Waals surface area contributed by atoms with Crippen LogP contribution in [0.3, 0.4) is 0 Å². The topological polar surface area (TPSA) is 52.6 Å². The zero-order valence-electron chi connectivity index (χ0n) is 10.5. The van der Waals surface area contributed by atoms with Gasteiger partial charge in [-0.25, -0.2) is 0 Å². The second-order valence-corrected chi connectivity index (χ2v) is 5.12. The molecule has 0 spiro atoms. The SMILES string of the molecule is COC(=O)C(C(=O)OC)[C@H]1CC[C@@H]2CCC[C@@H]21. The summed E-state index contributed by atoms with van der Waals surface area (Å²) in [6.45, 7) is 0. The largest absolute Gasteiger partial charge is 0.468 e. The Labute approximate surface area is 102 Å². The van der Waals surface area contributed by atoms with Crippen molar-refractivity contribution in [3.63, 3.8) is 0 Å². The number of hydrogen-bond acceptors (Lipinski definition) is 4. The van der Waals surface area contributed by atoms with Crippen molar-refractivity contribution in [2.45, 2.75) is 32.1 Å². The number of methoxy groups -OCH3 is 2. The molecule has 2 rings (SSSR count). The molecule has 4 heteroatoms. The number of rotatable bonds is 3. The molecule has 0 unspecified atom stereocenters. The van der Waals surface area contributed by atoms with E-state index in [1.807, 2.05) is 0 Å². The predicted molar refractivity (Wildman–Crippen MR) is 61.1 cm³/mol. The Bertz CT molecular complexity index is 297. The van der Waals surface area contributed by atoms with Crippen LogP contribution in [0.2, 0.25) is 0 Å². The number of fused-ring (bicyclic) bond motifs is 1. The summed E-state index contributed by atoms with van der Waals surface area (Å²) < 4.78 is 9.51. The third-order valence-corrected chi connectivity index (χ3v) is 4.48. The van der Waals surface area contributed by atoms with Gasteiger partial charge in [0.15, 0.2) is 5.92 Å². The van der Waals surface area contributed by atoms with Gasteiger partial charge < -0.3 is 9.47 Å². The molecule has 3 atom stereocenters. The number of carbonyl (C=O) groups excluding carboxylic acids is 2. The fraction of sp³-hybridized carbons (Fsp3) is 0.846. The average Bonchev–Trinajstić information content (AvgIpc) is 2.93. The highest BCUT2D eigenvalue weighted by Crippen LogP contribution is 2.50. The van der Waals surface area contributed by atoms with Crippen molar-refractivity contribution in [2.24, 2.45) is 23.7 Å². The molecular weight excluding hydrogens is 220 g/mol. The third-order valence-electron chi connectivity index (χ3n) is 4.48. The third kappa shape index (κ3) is 2.17. The monoisotopic (exact) mass is 240 g/mol. The van der Waals surface area contributed by atoms with Gasteiger partial charge in [0.2, 0.25) is 0 Å². The van der Waals surface area contributed by atoms with Gasteiger partial charge in [-0.15, -0.1) is 0 Å². The molecule has 2 fully saturated rings. The maximum absolute atomic E-state index is 11.8. The molecule has 2 saturated carbocycles. The van der Waals surface area contributed by atoms with Crippen LogP contribution in [-0.4, -0.2) is 26.2 Å². The second kappa shape index (κ2) is 5.07. The van der Waals surface area contributed by atoms with Crippen molar-refractivity contribution in [2.75, 3.05) is 14.2 Å². The van der Waals surface area contributed by atoms with Crippen molar-refractivity contribution in [1.82, 2.24) is 0 Å². The summed E-state index contributed by atoms with van der Waals surface area (Å²) in [5.74, 6) is -0.237. The number of esters is 2. The maximum Gasteiger partial charge on any atom is 0.320 e. The summed E-state index contributed by atoms with van der Waals surface area (Å²) in [6.07, 6.45) is 5.70. The lowest BCUT2D eigenvalue weighted by Gasteiger charge is -2.24. The minimum absolute atomic E-state index is 0.127. The molecule has 0 radical (unpaired) electrons. The standard InChI is InChI=1S/C13H20O4/c1-16-12(14)11(13(15)17-2)10-7-6-8-4-3-5-9(8)10/h8-11H,3-7H2,1-2H3/t8-,9-,10-/m0/s1. The molecule has 17 heavy (non-hydrogen) atoms. The first kappa shape index (κ1) is 12.4. The van der Waals surface area contributed by atoms with E-state index < -0.39 is 17.9 Å². The maximum atomic E-state index is 11.8. The Morgan fingerprint density at radius 2 is 1.65 bits per heavy atom. The van der Waals surface area contributed by atoms with Crippen molar-refractivity contribution < 1.29 is 19.1 Å². The summed E-state index contributed by atoms with van der Waals surface area (Å²) in [6, 6.07) is 0. The Morgan fingerprint density at radius 3 is 2.24 bits per heavy atom. The van der Waals surface area contributed by atoms with Crippen LogP contribution >= 0.6 is 0 Å². The van der Waals surface area contributed by atoms with E-state index in [0.717, 1.165) is 19.3 Å². The first-order valence-electron chi connectivity index (χ1n) is 6.34. The van der Waals surface area contributed by atoms with Gasteiger partial charge in [0, 0.05) is 0 Å². The zero-order chi connectivity index (χ0) is 12.4. The normalized spacial score (nSPS) is 31.4. The molecule has 0 saturated heterocycles. The molecule has 0 aromatic carbocycles. The van der Waals surface area contributed by atoms with Crippen LogP contribution in [0.25, 0.3) is 0 Å². The van der Waals surface area contributed by atoms with E-state index in [1.54, 1.807) is 0 Å². The molecule has 2 aliphatic carbocycles. The van der Waals surface area contributed by atoms with Gasteiger partial charge in [0.25, 0.3) is 0 Å². The average molecular weight is 240 g/mol. The van der Waals surface area contributed by atoms with Gasteiger partial charge in [-0.3, -0.25) is 9.59 Å². The molecule has 0 aliphatic heterocycles. The summed E-state index contributed by atoms with van der Waals surface area (Å²) in [4.78, 5) is 23.5. The van der Waals surface area contributed by atoms with E-state index in [2.05, 4.69) is 0 Å². The van der Waals surface area contributed by atoms with Crippen molar-refractivity contribution in [3.8, 4) is 0 Å². The molecule has 2 aliphatic rings. The quantitative estimate of drug-likeness (QED) is 0.557. The lowest BCUT2D eigenvalue weighted by molar-refractivity contribution is -0.162. The number of ether oxygens (including phenoxy) is 2. The Balaban J connectivity index is 2.15. The van der Waals surface area contributed by atoms with Gasteiger partial charge in [0.1, 0.15) is 0 Å². The summed E-state index contributed by atoms with van der Waals surface area (Å²) in [5, 5.41) is 0. The van der Waals surface area contributed by atoms with Crippen molar-refractivity contribution in [1.29, 1.82) is 0 Å². The van der Waals surface area contributed by atoms with E-state index in [1.165, 1.54) is 27.1 Å². The zero-order valence-corrected chi connectivity index (χ0v) is 10.5. The smallest absolute Gasteiger partial charge is 0.320 e. The fourth-order valence-corrected chi connectivity index (χ4v) is 3.72. The molecule has 0 bridgehead atoms. The minimum atomic E-state index is -0.710. The first-order valence-corrected chi connectivity index (χ1v) is 6.34. The minimum Gasteiger partial charge on any atom is -0.468 e. The molecule has 0 aromatic heterocycles. The van der Waals surface area contributed by atoms with Gasteiger partial charge in [-0.05, 0) is 37.0 Å². The Kier molecular flexibility index (Phi) is 3.69. The van der Waals surface area contributed by atoms with Crippen LogP contribution < -0.4 is 0 Å². The molecule has 0 amide bonds.